The van der Waals surface area contributed by atoms with Crippen molar-refractivity contribution in [2.45, 2.75) is 19.4 Å². The zero-order valence-electron chi connectivity index (χ0n) is 14.4. The Balaban J connectivity index is 1.44. The molecule has 0 radical (unpaired) electrons. The number of benzene rings is 1. The van der Waals surface area contributed by atoms with Crippen LogP contribution < -0.4 is 4.74 Å². The monoisotopic (exact) mass is 362 g/mol. The third-order valence-corrected chi connectivity index (χ3v) is 5.39. The second kappa shape index (κ2) is 8.45. The van der Waals surface area contributed by atoms with Crippen molar-refractivity contribution < 1.29 is 13.9 Å². The molecule has 0 saturated carbocycles. The predicted molar refractivity (Wildman–Crippen MR) is 97.4 cm³/mol. The van der Waals surface area contributed by atoms with E-state index in [1.165, 1.54) is 18.1 Å². The topological polar surface area (TPSA) is 32.8 Å². The van der Waals surface area contributed by atoms with Crippen LogP contribution in [0.3, 0.4) is 0 Å². The zero-order chi connectivity index (χ0) is 17.6. The molecule has 0 atom stereocenters. The van der Waals surface area contributed by atoms with Gasteiger partial charge >= 0.3 is 0 Å². The Hall–Kier alpha value is -1.92. The van der Waals surface area contributed by atoms with Gasteiger partial charge in [0.05, 0.1) is 7.11 Å². The highest BCUT2D eigenvalue weighted by Crippen LogP contribution is 2.19. The lowest BCUT2D eigenvalue weighted by atomic mass is 10.1. The molecule has 1 aromatic heterocycles. The van der Waals surface area contributed by atoms with Crippen LogP contribution in [0.4, 0.5) is 4.39 Å². The minimum absolute atomic E-state index is 0.145. The molecule has 1 aromatic carbocycles. The van der Waals surface area contributed by atoms with Crippen LogP contribution >= 0.6 is 11.3 Å². The fourth-order valence-electron chi connectivity index (χ4n) is 3.05. The molecule has 2 heterocycles. The smallest absolute Gasteiger partial charge is 0.222 e. The van der Waals surface area contributed by atoms with Crippen molar-refractivity contribution in [1.29, 1.82) is 0 Å². The molecule has 1 aliphatic heterocycles. The first kappa shape index (κ1) is 17.9. The molecule has 1 aliphatic rings. The molecule has 1 saturated heterocycles. The van der Waals surface area contributed by atoms with Crippen molar-refractivity contribution in [2.75, 3.05) is 33.3 Å². The van der Waals surface area contributed by atoms with Gasteiger partial charge in [-0.25, -0.2) is 4.39 Å². The second-order valence-corrected chi connectivity index (χ2v) is 7.24. The maximum Gasteiger partial charge on any atom is 0.222 e. The fraction of sp³-hybridized carbons (Fsp3) is 0.421. The first-order valence-corrected chi connectivity index (χ1v) is 9.38. The molecule has 2 aromatic rings. The number of piperazine rings is 1. The minimum atomic E-state index is -0.380. The maximum absolute atomic E-state index is 13.7. The van der Waals surface area contributed by atoms with Crippen molar-refractivity contribution in [3.05, 3.63) is 52.0 Å². The molecule has 25 heavy (non-hydrogen) atoms. The van der Waals surface area contributed by atoms with Crippen LogP contribution in [0.5, 0.6) is 5.75 Å². The highest BCUT2D eigenvalue weighted by atomic mass is 32.1. The average Bonchev–Trinajstić information content (AvgIpc) is 3.13. The Morgan fingerprint density at radius 3 is 2.68 bits per heavy atom. The van der Waals surface area contributed by atoms with E-state index in [0.717, 1.165) is 38.3 Å². The maximum atomic E-state index is 13.7. The summed E-state index contributed by atoms with van der Waals surface area (Å²) in [5.41, 5.74) is 0.822. The molecule has 1 amide bonds. The van der Waals surface area contributed by atoms with Crippen molar-refractivity contribution >= 4 is 17.2 Å². The van der Waals surface area contributed by atoms with E-state index in [2.05, 4.69) is 22.4 Å². The zero-order valence-corrected chi connectivity index (χ0v) is 15.2. The Kier molecular flexibility index (Phi) is 6.04. The van der Waals surface area contributed by atoms with Crippen molar-refractivity contribution in [2.24, 2.45) is 0 Å². The molecule has 0 bridgehead atoms. The lowest BCUT2D eigenvalue weighted by Gasteiger charge is -2.34. The van der Waals surface area contributed by atoms with Crippen LogP contribution in [0.15, 0.2) is 35.7 Å². The normalized spacial score (nSPS) is 15.4. The molecule has 0 N–H and O–H groups in total. The van der Waals surface area contributed by atoms with Gasteiger partial charge in [-0.05, 0) is 35.6 Å². The molecule has 134 valence electrons. The van der Waals surface area contributed by atoms with Gasteiger partial charge in [0.2, 0.25) is 5.91 Å². The van der Waals surface area contributed by atoms with Crippen molar-refractivity contribution in [3.63, 3.8) is 0 Å². The highest BCUT2D eigenvalue weighted by Gasteiger charge is 2.21. The molecule has 0 aliphatic carbocycles. The summed E-state index contributed by atoms with van der Waals surface area (Å²) in [5, 5.41) is 2.09. The Morgan fingerprint density at radius 1 is 1.24 bits per heavy atom. The number of aryl methyl sites for hydroxylation is 1. The van der Waals surface area contributed by atoms with E-state index in [1.54, 1.807) is 17.4 Å². The number of carbonyl (C=O) groups excluding carboxylic acids is 1. The molecule has 1 fully saturated rings. The van der Waals surface area contributed by atoms with E-state index in [0.29, 0.717) is 12.8 Å². The van der Waals surface area contributed by atoms with E-state index < -0.39 is 0 Å². The summed E-state index contributed by atoms with van der Waals surface area (Å²) in [6.07, 6.45) is 0.964. The van der Waals surface area contributed by atoms with E-state index in [-0.39, 0.29) is 17.5 Å². The Morgan fingerprint density at radius 2 is 2.04 bits per heavy atom. The number of ether oxygens (including phenoxy) is 1. The number of carbonyl (C=O) groups is 1. The summed E-state index contributed by atoms with van der Waals surface area (Å²) in [5.74, 6) is -0.00132. The minimum Gasteiger partial charge on any atom is -0.494 e. The second-order valence-electron chi connectivity index (χ2n) is 6.21. The van der Waals surface area contributed by atoms with Gasteiger partial charge < -0.3 is 9.64 Å². The van der Waals surface area contributed by atoms with Crippen LogP contribution in [0.25, 0.3) is 0 Å². The van der Waals surface area contributed by atoms with Gasteiger partial charge in [-0.2, -0.15) is 0 Å². The van der Waals surface area contributed by atoms with Crippen LogP contribution in [-0.2, 0) is 17.8 Å². The molecule has 4 nitrogen and oxygen atoms in total. The standard InChI is InChI=1S/C19H23FN2O2S/c1-24-18-6-4-15(13-17(18)20)5-7-19(23)22-10-8-21(9-11-22)14-16-3-2-12-25-16/h2-4,6,12-13H,5,7-11,14H2,1H3. The quantitative estimate of drug-likeness (QED) is 0.791. The number of thiophene rings is 1. The first-order chi connectivity index (χ1) is 12.2. The summed E-state index contributed by atoms with van der Waals surface area (Å²) < 4.78 is 18.6. The lowest BCUT2D eigenvalue weighted by molar-refractivity contribution is -0.132. The third-order valence-electron chi connectivity index (χ3n) is 4.53. The third kappa shape index (κ3) is 4.80. The molecule has 3 rings (SSSR count). The largest absolute Gasteiger partial charge is 0.494 e. The number of rotatable bonds is 6. The highest BCUT2D eigenvalue weighted by molar-refractivity contribution is 7.09. The van der Waals surface area contributed by atoms with Crippen molar-refractivity contribution in [3.8, 4) is 5.75 Å². The van der Waals surface area contributed by atoms with Gasteiger partial charge in [-0.1, -0.05) is 12.1 Å². The van der Waals surface area contributed by atoms with Crippen molar-refractivity contribution in [1.82, 2.24) is 9.80 Å². The van der Waals surface area contributed by atoms with E-state index in [9.17, 15) is 9.18 Å². The van der Waals surface area contributed by atoms with Gasteiger partial charge in [-0.15, -0.1) is 11.3 Å². The van der Waals surface area contributed by atoms with Crippen LogP contribution in [0, 0.1) is 5.82 Å². The summed E-state index contributed by atoms with van der Waals surface area (Å²) >= 11 is 1.77. The predicted octanol–water partition coefficient (Wildman–Crippen LogP) is 3.17. The molecule has 0 unspecified atom stereocenters. The number of amides is 1. The van der Waals surface area contributed by atoms with E-state index >= 15 is 0 Å². The van der Waals surface area contributed by atoms with Gasteiger partial charge in [0.25, 0.3) is 0 Å². The van der Waals surface area contributed by atoms with Gasteiger partial charge in [0, 0.05) is 44.0 Å². The average molecular weight is 362 g/mol. The molecular formula is C19H23FN2O2S. The fourth-order valence-corrected chi connectivity index (χ4v) is 3.80. The van der Waals surface area contributed by atoms with E-state index in [4.69, 9.17) is 4.74 Å². The van der Waals surface area contributed by atoms with Crippen LogP contribution in [-0.4, -0.2) is 49.0 Å². The summed E-state index contributed by atoms with van der Waals surface area (Å²) in [6, 6.07) is 9.09. The summed E-state index contributed by atoms with van der Waals surface area (Å²) in [6.45, 7) is 4.30. The first-order valence-electron chi connectivity index (χ1n) is 8.50. The summed E-state index contributed by atoms with van der Waals surface area (Å²) in [4.78, 5) is 18.1. The Labute approximate surface area is 151 Å². The SMILES string of the molecule is COc1ccc(CCC(=O)N2CCN(Cc3cccs3)CC2)cc1F. The number of methoxy groups -OCH3 is 1. The molecule has 0 spiro atoms. The van der Waals surface area contributed by atoms with Gasteiger partial charge in [-0.3, -0.25) is 9.69 Å². The van der Waals surface area contributed by atoms with E-state index in [1.807, 2.05) is 11.0 Å². The number of halogens is 1. The molecule has 6 heteroatoms. The number of nitrogens with zero attached hydrogens (tertiary/aromatic N) is 2. The van der Waals surface area contributed by atoms with Crippen LogP contribution in [0.2, 0.25) is 0 Å². The Bertz CT molecular complexity index is 697. The van der Waals surface area contributed by atoms with Gasteiger partial charge in [0.15, 0.2) is 11.6 Å². The molecular weight excluding hydrogens is 339 g/mol. The van der Waals surface area contributed by atoms with Gasteiger partial charge in [0.1, 0.15) is 0 Å². The number of hydrogen-bond donors (Lipinski definition) is 0. The summed E-state index contributed by atoms with van der Waals surface area (Å²) in [7, 11) is 1.44. The lowest BCUT2D eigenvalue weighted by Crippen LogP contribution is -2.48. The van der Waals surface area contributed by atoms with Crippen LogP contribution in [0.1, 0.15) is 16.9 Å². The number of hydrogen-bond acceptors (Lipinski definition) is 4.